The average Bonchev–Trinajstić information content (AvgIpc) is 2.37. The summed E-state index contributed by atoms with van der Waals surface area (Å²) < 4.78 is 10.5. The van der Waals surface area contributed by atoms with Crippen molar-refractivity contribution in [2.45, 2.75) is 0 Å². The molecule has 0 bridgehead atoms. The largest absolute Gasteiger partial charge is 0.493 e. The molecule has 1 heterocycles. The van der Waals surface area contributed by atoms with Gasteiger partial charge in [0.2, 0.25) is 5.28 Å². The highest BCUT2D eigenvalue weighted by atomic mass is 35.5. The molecular weight excluding hydrogens is 256 g/mol. The van der Waals surface area contributed by atoms with Gasteiger partial charge in [-0.3, -0.25) is 0 Å². The molecule has 0 saturated carbocycles. The summed E-state index contributed by atoms with van der Waals surface area (Å²) in [6.07, 6.45) is 0. The van der Waals surface area contributed by atoms with Gasteiger partial charge < -0.3 is 14.9 Å². The Bertz CT molecular complexity index is 576. The van der Waals surface area contributed by atoms with Crippen molar-refractivity contribution in [1.82, 2.24) is 15.4 Å². The summed E-state index contributed by atoms with van der Waals surface area (Å²) in [5.74, 6) is 1.78. The maximum Gasteiger partial charge on any atom is 0.224 e. The predicted molar refractivity (Wildman–Crippen MR) is 70.3 cm³/mol. The molecule has 0 saturated heterocycles. The molecule has 0 aliphatic carbocycles. The van der Waals surface area contributed by atoms with Crippen molar-refractivity contribution < 1.29 is 9.47 Å². The molecule has 96 valence electrons. The molecule has 0 aliphatic heterocycles. The van der Waals surface area contributed by atoms with E-state index in [2.05, 4.69) is 20.8 Å². The highest BCUT2D eigenvalue weighted by Crippen LogP contribution is 2.34. The SMILES string of the molecule is CNNc1nc(Cl)nc2cc(OC)c(OC)cc12. The maximum atomic E-state index is 5.87. The number of benzene rings is 1. The third-order valence-electron chi connectivity index (χ3n) is 2.42. The van der Waals surface area contributed by atoms with Crippen LogP contribution in [0.3, 0.4) is 0 Å². The van der Waals surface area contributed by atoms with E-state index in [-0.39, 0.29) is 5.28 Å². The number of halogens is 1. The van der Waals surface area contributed by atoms with Crippen molar-refractivity contribution in [2.24, 2.45) is 0 Å². The first kappa shape index (κ1) is 12.7. The second kappa shape index (κ2) is 5.24. The number of hydrogen-bond donors (Lipinski definition) is 2. The van der Waals surface area contributed by atoms with Gasteiger partial charge in [-0.15, -0.1) is 0 Å². The molecule has 2 N–H and O–H groups in total. The number of ether oxygens (including phenoxy) is 2. The predicted octanol–water partition coefficient (Wildman–Crippen LogP) is 1.85. The summed E-state index contributed by atoms with van der Waals surface area (Å²) in [5, 5.41) is 0.943. The van der Waals surface area contributed by atoms with E-state index in [9.17, 15) is 0 Å². The zero-order valence-corrected chi connectivity index (χ0v) is 11.0. The minimum absolute atomic E-state index is 0.160. The van der Waals surface area contributed by atoms with Crippen molar-refractivity contribution in [3.8, 4) is 11.5 Å². The van der Waals surface area contributed by atoms with Crippen LogP contribution in [0.2, 0.25) is 5.28 Å². The number of methoxy groups -OCH3 is 2. The van der Waals surface area contributed by atoms with E-state index in [0.29, 0.717) is 22.8 Å². The lowest BCUT2D eigenvalue weighted by Crippen LogP contribution is -2.16. The number of hydrogen-bond acceptors (Lipinski definition) is 6. The van der Waals surface area contributed by atoms with Crippen LogP contribution >= 0.6 is 11.6 Å². The first-order valence-electron chi connectivity index (χ1n) is 5.21. The number of nitrogens with one attached hydrogen (secondary N) is 2. The maximum absolute atomic E-state index is 5.87. The second-order valence-corrected chi connectivity index (χ2v) is 3.78. The lowest BCUT2D eigenvalue weighted by atomic mass is 10.2. The normalized spacial score (nSPS) is 10.4. The Hall–Kier alpha value is -1.79. The van der Waals surface area contributed by atoms with Crippen LogP contribution in [0.15, 0.2) is 12.1 Å². The Morgan fingerprint density at radius 3 is 2.39 bits per heavy atom. The third kappa shape index (κ3) is 2.25. The molecular formula is C11H13ClN4O2. The summed E-state index contributed by atoms with van der Waals surface area (Å²) in [6, 6.07) is 3.55. The Morgan fingerprint density at radius 1 is 1.11 bits per heavy atom. The molecule has 0 amide bonds. The zero-order valence-electron chi connectivity index (χ0n) is 10.2. The van der Waals surface area contributed by atoms with E-state index < -0.39 is 0 Å². The Morgan fingerprint density at radius 2 is 1.78 bits per heavy atom. The standard InChI is InChI=1S/C11H13ClN4O2/c1-13-16-10-6-4-8(17-2)9(18-3)5-7(6)14-11(12)15-10/h4-5,13H,1-3H3,(H,14,15,16). The van der Waals surface area contributed by atoms with Gasteiger partial charge in [-0.25, -0.2) is 10.4 Å². The first-order valence-corrected chi connectivity index (χ1v) is 5.59. The van der Waals surface area contributed by atoms with Crippen molar-refractivity contribution in [3.05, 3.63) is 17.4 Å². The molecule has 1 aromatic carbocycles. The number of hydrazine groups is 1. The van der Waals surface area contributed by atoms with Crippen molar-refractivity contribution in [3.63, 3.8) is 0 Å². The second-order valence-electron chi connectivity index (χ2n) is 3.44. The van der Waals surface area contributed by atoms with Crippen LogP contribution in [0, 0.1) is 0 Å². The number of fused-ring (bicyclic) bond motifs is 1. The lowest BCUT2D eigenvalue weighted by molar-refractivity contribution is 0.356. The number of nitrogens with zero attached hydrogens (tertiary/aromatic N) is 2. The fraction of sp³-hybridized carbons (Fsp3) is 0.273. The summed E-state index contributed by atoms with van der Waals surface area (Å²) in [4.78, 5) is 8.26. The van der Waals surface area contributed by atoms with Crippen LogP contribution in [-0.2, 0) is 0 Å². The minimum Gasteiger partial charge on any atom is -0.493 e. The minimum atomic E-state index is 0.160. The average molecular weight is 269 g/mol. The number of anilines is 1. The molecule has 0 radical (unpaired) electrons. The first-order chi connectivity index (χ1) is 8.69. The van der Waals surface area contributed by atoms with E-state index in [0.717, 1.165) is 5.39 Å². The fourth-order valence-corrected chi connectivity index (χ4v) is 1.82. The van der Waals surface area contributed by atoms with Crippen LogP contribution in [0.5, 0.6) is 11.5 Å². The molecule has 0 spiro atoms. The molecule has 2 rings (SSSR count). The summed E-state index contributed by atoms with van der Waals surface area (Å²) in [7, 11) is 4.88. The van der Waals surface area contributed by atoms with E-state index >= 15 is 0 Å². The molecule has 18 heavy (non-hydrogen) atoms. The van der Waals surface area contributed by atoms with Gasteiger partial charge in [0.15, 0.2) is 17.3 Å². The summed E-state index contributed by atoms with van der Waals surface area (Å²) in [5.41, 5.74) is 6.37. The monoisotopic (exact) mass is 268 g/mol. The van der Waals surface area contributed by atoms with Crippen LogP contribution in [0.4, 0.5) is 5.82 Å². The quantitative estimate of drug-likeness (QED) is 0.652. The molecule has 0 unspecified atom stereocenters. The Balaban J connectivity index is 2.70. The topological polar surface area (TPSA) is 68.3 Å². The van der Waals surface area contributed by atoms with Crippen LogP contribution in [0.25, 0.3) is 10.9 Å². The molecule has 2 aromatic rings. The number of aromatic nitrogens is 2. The van der Waals surface area contributed by atoms with E-state index in [1.54, 1.807) is 33.4 Å². The van der Waals surface area contributed by atoms with Gasteiger partial charge in [0.25, 0.3) is 0 Å². The van der Waals surface area contributed by atoms with Crippen molar-refractivity contribution in [2.75, 3.05) is 26.7 Å². The highest BCUT2D eigenvalue weighted by Gasteiger charge is 2.12. The van der Waals surface area contributed by atoms with E-state index in [1.807, 2.05) is 0 Å². The van der Waals surface area contributed by atoms with Gasteiger partial charge in [0.1, 0.15) is 0 Å². The molecule has 6 nitrogen and oxygen atoms in total. The third-order valence-corrected chi connectivity index (χ3v) is 2.59. The lowest BCUT2D eigenvalue weighted by Gasteiger charge is -2.11. The van der Waals surface area contributed by atoms with E-state index in [4.69, 9.17) is 21.1 Å². The Labute approximate surface area is 109 Å². The molecule has 7 heteroatoms. The van der Waals surface area contributed by atoms with Crippen molar-refractivity contribution in [1.29, 1.82) is 0 Å². The van der Waals surface area contributed by atoms with Gasteiger partial charge in [-0.05, 0) is 17.7 Å². The van der Waals surface area contributed by atoms with Crippen LogP contribution in [-0.4, -0.2) is 31.2 Å². The van der Waals surface area contributed by atoms with Crippen LogP contribution in [0.1, 0.15) is 0 Å². The summed E-state index contributed by atoms with van der Waals surface area (Å²) in [6.45, 7) is 0. The zero-order chi connectivity index (χ0) is 13.1. The summed E-state index contributed by atoms with van der Waals surface area (Å²) >= 11 is 5.87. The molecule has 0 aliphatic rings. The molecule has 0 fully saturated rings. The molecule has 1 aromatic heterocycles. The van der Waals surface area contributed by atoms with Gasteiger partial charge in [0.05, 0.1) is 19.7 Å². The number of rotatable bonds is 4. The van der Waals surface area contributed by atoms with Gasteiger partial charge >= 0.3 is 0 Å². The molecule has 0 atom stereocenters. The van der Waals surface area contributed by atoms with Gasteiger partial charge in [-0.1, -0.05) is 0 Å². The highest BCUT2D eigenvalue weighted by molar-refractivity contribution is 6.28. The Kier molecular flexibility index (Phi) is 3.69. The fourth-order valence-electron chi connectivity index (χ4n) is 1.64. The van der Waals surface area contributed by atoms with E-state index in [1.165, 1.54) is 0 Å². The van der Waals surface area contributed by atoms with Gasteiger partial charge in [0, 0.05) is 18.5 Å². The van der Waals surface area contributed by atoms with Crippen molar-refractivity contribution >= 4 is 28.3 Å². The van der Waals surface area contributed by atoms with Gasteiger partial charge in [-0.2, -0.15) is 4.98 Å². The smallest absolute Gasteiger partial charge is 0.224 e. The van der Waals surface area contributed by atoms with Crippen LogP contribution < -0.4 is 20.3 Å².